The molecule has 0 atom stereocenters. The number of nitrogens with one attached hydrogen (secondary N) is 2. The summed E-state index contributed by atoms with van der Waals surface area (Å²) in [5, 5.41) is 4.65. The van der Waals surface area contributed by atoms with E-state index in [1.807, 2.05) is 12.1 Å². The van der Waals surface area contributed by atoms with Crippen LogP contribution >= 0.6 is 0 Å². The van der Waals surface area contributed by atoms with Crippen LogP contribution in [0.4, 0.5) is 0 Å². The van der Waals surface area contributed by atoms with E-state index in [1.54, 1.807) is 12.4 Å². The molecule has 0 unspecified atom stereocenters. The van der Waals surface area contributed by atoms with Crippen molar-refractivity contribution >= 4 is 17.8 Å². The zero-order valence-electron chi connectivity index (χ0n) is 8.43. The van der Waals surface area contributed by atoms with Crippen LogP contribution < -0.4 is 10.6 Å². The first kappa shape index (κ1) is 10.3. The van der Waals surface area contributed by atoms with Crippen LogP contribution in [0.2, 0.25) is 0 Å². The Morgan fingerprint density at radius 2 is 2.00 bits per heavy atom. The van der Waals surface area contributed by atoms with Crippen molar-refractivity contribution < 1.29 is 9.59 Å². The van der Waals surface area contributed by atoms with Crippen molar-refractivity contribution in [2.45, 2.75) is 6.42 Å². The summed E-state index contributed by atoms with van der Waals surface area (Å²) < 4.78 is 0. The van der Waals surface area contributed by atoms with Crippen LogP contribution in [0, 0.1) is 0 Å². The van der Waals surface area contributed by atoms with Crippen LogP contribution in [0.15, 0.2) is 29.5 Å². The number of pyridine rings is 1. The predicted octanol–water partition coefficient (Wildman–Crippen LogP) is -0.774. The molecular formula is C10H10N4O2. The standard InChI is InChI=1S/C10H10N4O2/c15-8-9(16)14-10(13-8)12-5-3-7-2-1-4-11-6-7/h1-2,4,6H,3,5H2,(H2,12,13,14,15,16). The molecule has 1 aromatic heterocycles. The number of carbonyl (C=O) groups is 2. The lowest BCUT2D eigenvalue weighted by molar-refractivity contribution is -0.135. The molecule has 1 aromatic rings. The van der Waals surface area contributed by atoms with Gasteiger partial charge in [-0.25, -0.2) is 0 Å². The van der Waals surface area contributed by atoms with Crippen LogP contribution in [0.3, 0.4) is 0 Å². The minimum absolute atomic E-state index is 0.221. The maximum atomic E-state index is 10.8. The summed E-state index contributed by atoms with van der Waals surface area (Å²) in [5.41, 5.74) is 1.06. The maximum Gasteiger partial charge on any atom is 0.316 e. The Labute approximate surface area is 91.8 Å². The number of hydrogen-bond donors (Lipinski definition) is 2. The van der Waals surface area contributed by atoms with Crippen LogP contribution in [-0.4, -0.2) is 29.3 Å². The lowest BCUT2D eigenvalue weighted by Crippen LogP contribution is -2.26. The summed E-state index contributed by atoms with van der Waals surface area (Å²) in [7, 11) is 0. The van der Waals surface area contributed by atoms with Gasteiger partial charge in [0.25, 0.3) is 0 Å². The summed E-state index contributed by atoms with van der Waals surface area (Å²) in [4.78, 5) is 29.6. The van der Waals surface area contributed by atoms with E-state index in [2.05, 4.69) is 20.6 Å². The average molecular weight is 218 g/mol. The summed E-state index contributed by atoms with van der Waals surface area (Å²) in [6.07, 6.45) is 4.17. The van der Waals surface area contributed by atoms with Gasteiger partial charge in [0.15, 0.2) is 0 Å². The van der Waals surface area contributed by atoms with E-state index in [0.29, 0.717) is 13.0 Å². The molecule has 6 nitrogen and oxygen atoms in total. The largest absolute Gasteiger partial charge is 0.316 e. The number of hydrogen-bond acceptors (Lipinski definition) is 4. The van der Waals surface area contributed by atoms with E-state index in [4.69, 9.17) is 0 Å². The predicted molar refractivity (Wildman–Crippen MR) is 56.5 cm³/mol. The second-order valence-corrected chi connectivity index (χ2v) is 3.25. The minimum Gasteiger partial charge on any atom is -0.288 e. The lowest BCUT2D eigenvalue weighted by Gasteiger charge is -1.98. The first-order valence-electron chi connectivity index (χ1n) is 4.81. The molecule has 0 radical (unpaired) electrons. The molecular weight excluding hydrogens is 208 g/mol. The molecule has 2 rings (SSSR count). The quantitative estimate of drug-likeness (QED) is 0.653. The molecule has 16 heavy (non-hydrogen) atoms. The highest BCUT2D eigenvalue weighted by molar-refractivity contribution is 6.45. The van der Waals surface area contributed by atoms with Crippen LogP contribution in [0.1, 0.15) is 5.56 Å². The molecule has 6 heteroatoms. The van der Waals surface area contributed by atoms with E-state index in [-0.39, 0.29) is 5.96 Å². The van der Waals surface area contributed by atoms with Gasteiger partial charge in [0.1, 0.15) is 0 Å². The van der Waals surface area contributed by atoms with Crippen molar-refractivity contribution in [1.82, 2.24) is 15.6 Å². The molecule has 0 spiro atoms. The molecule has 82 valence electrons. The number of aromatic nitrogens is 1. The van der Waals surface area contributed by atoms with Gasteiger partial charge in [0.2, 0.25) is 5.96 Å². The van der Waals surface area contributed by atoms with Crippen molar-refractivity contribution in [2.75, 3.05) is 6.54 Å². The van der Waals surface area contributed by atoms with Crippen molar-refractivity contribution in [2.24, 2.45) is 4.99 Å². The molecule has 1 aliphatic rings. The van der Waals surface area contributed by atoms with Crippen LogP contribution in [0.5, 0.6) is 0 Å². The highest BCUT2D eigenvalue weighted by atomic mass is 16.2. The number of nitrogens with zero attached hydrogens (tertiary/aromatic N) is 2. The SMILES string of the molecule is O=C1NC(=NCCc2cccnc2)NC1=O. The van der Waals surface area contributed by atoms with E-state index in [9.17, 15) is 9.59 Å². The second kappa shape index (κ2) is 4.52. The number of carbonyl (C=O) groups excluding carboxylic acids is 2. The second-order valence-electron chi connectivity index (χ2n) is 3.25. The number of aliphatic imine (C=N–C) groups is 1. The Balaban J connectivity index is 1.87. The van der Waals surface area contributed by atoms with Gasteiger partial charge in [-0.3, -0.25) is 30.2 Å². The lowest BCUT2D eigenvalue weighted by atomic mass is 10.2. The fraction of sp³-hybridized carbons (Fsp3) is 0.200. The zero-order valence-corrected chi connectivity index (χ0v) is 8.43. The minimum atomic E-state index is -0.667. The normalized spacial score (nSPS) is 14.6. The average Bonchev–Trinajstić information content (AvgIpc) is 2.60. The molecule has 2 heterocycles. The Hall–Kier alpha value is -2.24. The van der Waals surface area contributed by atoms with Gasteiger partial charge < -0.3 is 0 Å². The van der Waals surface area contributed by atoms with E-state index >= 15 is 0 Å². The van der Waals surface area contributed by atoms with Gasteiger partial charge in [-0.1, -0.05) is 6.07 Å². The number of rotatable bonds is 3. The van der Waals surface area contributed by atoms with Gasteiger partial charge in [0, 0.05) is 18.9 Å². The maximum absolute atomic E-state index is 10.8. The molecule has 0 aromatic carbocycles. The smallest absolute Gasteiger partial charge is 0.288 e. The third-order valence-electron chi connectivity index (χ3n) is 2.06. The highest BCUT2D eigenvalue weighted by Crippen LogP contribution is 1.97. The Kier molecular flexibility index (Phi) is 2.90. The fourth-order valence-electron chi connectivity index (χ4n) is 1.28. The van der Waals surface area contributed by atoms with E-state index < -0.39 is 11.8 Å². The first-order valence-corrected chi connectivity index (χ1v) is 4.81. The van der Waals surface area contributed by atoms with Gasteiger partial charge >= 0.3 is 11.8 Å². The van der Waals surface area contributed by atoms with Crippen molar-refractivity contribution in [3.05, 3.63) is 30.1 Å². The van der Waals surface area contributed by atoms with Crippen molar-refractivity contribution in [3.8, 4) is 0 Å². The molecule has 2 N–H and O–H groups in total. The summed E-state index contributed by atoms with van der Waals surface area (Å²) in [6.45, 7) is 0.488. The zero-order chi connectivity index (χ0) is 11.4. The summed E-state index contributed by atoms with van der Waals surface area (Å²) in [5.74, 6) is -1.11. The first-order chi connectivity index (χ1) is 7.75. The molecule has 0 bridgehead atoms. The van der Waals surface area contributed by atoms with Gasteiger partial charge in [0.05, 0.1) is 0 Å². The topological polar surface area (TPSA) is 83.4 Å². The molecule has 1 saturated heterocycles. The van der Waals surface area contributed by atoms with E-state index in [1.165, 1.54) is 0 Å². The van der Waals surface area contributed by atoms with Crippen LogP contribution in [0.25, 0.3) is 0 Å². The van der Waals surface area contributed by atoms with Crippen molar-refractivity contribution in [3.63, 3.8) is 0 Å². The molecule has 0 aliphatic carbocycles. The highest BCUT2D eigenvalue weighted by Gasteiger charge is 2.24. The summed E-state index contributed by atoms with van der Waals surface area (Å²) in [6, 6.07) is 3.79. The van der Waals surface area contributed by atoms with Crippen LogP contribution in [-0.2, 0) is 16.0 Å². The molecule has 1 fully saturated rings. The molecule has 0 saturated carbocycles. The molecule has 2 amide bonds. The van der Waals surface area contributed by atoms with Gasteiger partial charge in [-0.15, -0.1) is 0 Å². The fourth-order valence-corrected chi connectivity index (χ4v) is 1.28. The third-order valence-corrected chi connectivity index (χ3v) is 2.06. The monoisotopic (exact) mass is 218 g/mol. The Morgan fingerprint density at radius 1 is 1.25 bits per heavy atom. The third kappa shape index (κ3) is 2.41. The Bertz CT molecular complexity index is 423. The Morgan fingerprint density at radius 3 is 2.62 bits per heavy atom. The van der Waals surface area contributed by atoms with Gasteiger partial charge in [-0.2, -0.15) is 0 Å². The van der Waals surface area contributed by atoms with Crippen molar-refractivity contribution in [1.29, 1.82) is 0 Å². The van der Waals surface area contributed by atoms with Gasteiger partial charge in [-0.05, 0) is 18.1 Å². The number of amides is 2. The number of guanidine groups is 1. The van der Waals surface area contributed by atoms with E-state index in [0.717, 1.165) is 5.56 Å². The molecule has 1 aliphatic heterocycles. The summed E-state index contributed by atoms with van der Waals surface area (Å²) >= 11 is 0.